The molecular weight excluding hydrogens is 196 g/mol. The molecule has 2 rings (SSSR count). The van der Waals surface area contributed by atoms with Crippen molar-refractivity contribution in [3.8, 4) is 17.2 Å². The lowest BCUT2D eigenvalue weighted by Crippen LogP contribution is -1.92. The van der Waals surface area contributed by atoms with Gasteiger partial charge in [0.15, 0.2) is 11.5 Å². The quantitative estimate of drug-likeness (QED) is 0.684. The third-order valence-electron chi connectivity index (χ3n) is 2.17. The van der Waals surface area contributed by atoms with Crippen molar-refractivity contribution in [3.05, 3.63) is 40.6 Å². The largest absolute Gasteiger partial charge is 0.504 e. The minimum absolute atomic E-state index is 0.0995. The molecule has 2 aromatic rings. The van der Waals surface area contributed by atoms with Gasteiger partial charge < -0.3 is 10.2 Å². The highest BCUT2D eigenvalue weighted by Gasteiger charge is 2.11. The van der Waals surface area contributed by atoms with Crippen LogP contribution in [0.1, 0.15) is 0 Å². The van der Waals surface area contributed by atoms with Crippen LogP contribution in [-0.4, -0.2) is 10.2 Å². The van der Waals surface area contributed by atoms with E-state index in [0.717, 1.165) is 0 Å². The third kappa shape index (κ3) is 1.36. The molecule has 2 aromatic carbocycles. The molecule has 2 N–H and O–H groups in total. The first-order valence-corrected chi connectivity index (χ1v) is 4.26. The number of rotatable bonds is 0. The fourth-order valence-electron chi connectivity index (χ4n) is 1.42. The molecule has 0 aliphatic carbocycles. The average molecular weight is 203 g/mol. The molecule has 0 aliphatic heterocycles. The summed E-state index contributed by atoms with van der Waals surface area (Å²) >= 11 is 0. The highest BCUT2D eigenvalue weighted by atomic mass is 16.3. The van der Waals surface area contributed by atoms with E-state index < -0.39 is 22.7 Å². The normalized spacial score (nSPS) is 10.4. The summed E-state index contributed by atoms with van der Waals surface area (Å²) < 4.78 is 0. The Hall–Kier alpha value is -2.23. The van der Waals surface area contributed by atoms with Gasteiger partial charge in [-0.05, 0) is 17.5 Å². The molecule has 0 heterocycles. The molecule has 75 valence electrons. The van der Waals surface area contributed by atoms with Gasteiger partial charge in [0.05, 0.1) is 5.39 Å². The Morgan fingerprint density at radius 2 is 1.67 bits per heavy atom. The summed E-state index contributed by atoms with van der Waals surface area (Å²) in [7, 11) is 0. The van der Waals surface area contributed by atoms with Gasteiger partial charge in [0.2, 0.25) is 11.2 Å². The number of phenols is 1. The van der Waals surface area contributed by atoms with Gasteiger partial charge in [-0.2, -0.15) is 0 Å². The van der Waals surface area contributed by atoms with E-state index in [2.05, 4.69) is 0 Å². The predicted molar refractivity (Wildman–Crippen MR) is 53.7 cm³/mol. The van der Waals surface area contributed by atoms with Gasteiger partial charge in [-0.1, -0.05) is 18.2 Å². The van der Waals surface area contributed by atoms with E-state index >= 15 is 0 Å². The smallest absolute Gasteiger partial charge is 0.220 e. The Morgan fingerprint density at radius 1 is 0.933 bits per heavy atom. The second-order valence-corrected chi connectivity index (χ2v) is 3.12. The topological polar surface area (TPSA) is 77.4 Å². The summed E-state index contributed by atoms with van der Waals surface area (Å²) in [6.07, 6.45) is 0. The first-order valence-electron chi connectivity index (χ1n) is 4.26. The minimum atomic E-state index is -0.633. The zero-order valence-corrected chi connectivity index (χ0v) is 7.60. The van der Waals surface area contributed by atoms with Crippen molar-refractivity contribution < 1.29 is 15.3 Å². The summed E-state index contributed by atoms with van der Waals surface area (Å²) in [6, 6.07) is 6.78. The van der Waals surface area contributed by atoms with Crippen LogP contribution in [-0.2, 0) is 5.11 Å². The van der Waals surface area contributed by atoms with Crippen LogP contribution in [0.4, 0.5) is 0 Å². The summed E-state index contributed by atoms with van der Waals surface area (Å²) in [4.78, 5) is 11.2. The summed E-state index contributed by atoms with van der Waals surface area (Å²) in [5.41, 5.74) is -0.633. The Balaban J connectivity index is 3.12. The Bertz CT molecular complexity index is 590. The zero-order valence-electron chi connectivity index (χ0n) is 7.60. The van der Waals surface area contributed by atoms with Crippen LogP contribution in [0.3, 0.4) is 0 Å². The van der Waals surface area contributed by atoms with Gasteiger partial charge in [0, 0.05) is 0 Å². The number of benzene rings is 1. The lowest BCUT2D eigenvalue weighted by Gasteiger charge is -1.99. The van der Waals surface area contributed by atoms with Crippen LogP contribution < -0.4 is 5.43 Å². The van der Waals surface area contributed by atoms with Crippen molar-refractivity contribution in [2.24, 2.45) is 0 Å². The zero-order chi connectivity index (χ0) is 11.0. The van der Waals surface area contributed by atoms with E-state index in [0.29, 0.717) is 5.39 Å². The number of hydrogen-bond donors (Lipinski definition) is 2. The SMILES string of the molecule is [O]c1ccc2cccc(=O)c(O)c2c1O. The maximum absolute atomic E-state index is 11.2. The van der Waals surface area contributed by atoms with Crippen molar-refractivity contribution in [1.82, 2.24) is 0 Å². The molecule has 0 amide bonds. The third-order valence-corrected chi connectivity index (χ3v) is 2.17. The Morgan fingerprint density at radius 3 is 2.40 bits per heavy atom. The van der Waals surface area contributed by atoms with Gasteiger partial charge in [-0.15, -0.1) is 0 Å². The van der Waals surface area contributed by atoms with Gasteiger partial charge in [-0.3, -0.25) is 9.90 Å². The molecule has 0 spiro atoms. The first-order chi connectivity index (χ1) is 7.11. The van der Waals surface area contributed by atoms with Gasteiger partial charge in [0.1, 0.15) is 0 Å². The predicted octanol–water partition coefficient (Wildman–Crippen LogP) is 1.75. The fourth-order valence-corrected chi connectivity index (χ4v) is 1.42. The fraction of sp³-hybridized carbons (Fsp3) is 0. The number of phenolic OH excluding ortho intramolecular Hbond substituents is 1. The van der Waals surface area contributed by atoms with Crippen molar-refractivity contribution in [3.63, 3.8) is 0 Å². The van der Waals surface area contributed by atoms with Crippen molar-refractivity contribution in [2.75, 3.05) is 0 Å². The molecule has 0 bridgehead atoms. The lowest BCUT2D eigenvalue weighted by molar-refractivity contribution is 0.326. The standard InChI is InChI=1S/C11H7O4/c12-7-3-1-2-6-4-5-8(13)11(15)9(6)10(7)14/h1-5,15H,(H,12,14). The molecule has 1 radical (unpaired) electrons. The molecule has 0 unspecified atom stereocenters. The maximum atomic E-state index is 11.2. The maximum Gasteiger partial charge on any atom is 0.220 e. The average Bonchev–Trinajstić information content (AvgIpc) is 2.35. The summed E-state index contributed by atoms with van der Waals surface area (Å²) in [5.74, 6) is -1.83. The van der Waals surface area contributed by atoms with Crippen LogP contribution in [0.5, 0.6) is 17.2 Å². The van der Waals surface area contributed by atoms with E-state index in [1.54, 1.807) is 0 Å². The Kier molecular flexibility index (Phi) is 1.97. The van der Waals surface area contributed by atoms with E-state index in [4.69, 9.17) is 0 Å². The molecule has 0 aromatic heterocycles. The van der Waals surface area contributed by atoms with Crippen LogP contribution in [0.2, 0.25) is 0 Å². The monoisotopic (exact) mass is 203 g/mol. The van der Waals surface area contributed by atoms with Crippen LogP contribution >= 0.6 is 0 Å². The number of aromatic hydroxyl groups is 2. The molecule has 0 fully saturated rings. The van der Waals surface area contributed by atoms with Gasteiger partial charge in [-0.25, -0.2) is 0 Å². The first kappa shape index (κ1) is 9.33. The molecular formula is C11H7O4. The highest BCUT2D eigenvalue weighted by Crippen LogP contribution is 2.36. The molecule has 0 atom stereocenters. The van der Waals surface area contributed by atoms with Gasteiger partial charge >= 0.3 is 0 Å². The molecule has 0 saturated carbocycles. The van der Waals surface area contributed by atoms with Gasteiger partial charge in [0.25, 0.3) is 0 Å². The molecule has 0 saturated heterocycles. The lowest BCUT2D eigenvalue weighted by atomic mass is 10.1. The summed E-state index contributed by atoms with van der Waals surface area (Å²) in [6.45, 7) is 0. The van der Waals surface area contributed by atoms with Crippen LogP contribution in [0.15, 0.2) is 35.1 Å². The molecule has 15 heavy (non-hydrogen) atoms. The van der Waals surface area contributed by atoms with Crippen LogP contribution in [0, 0.1) is 0 Å². The van der Waals surface area contributed by atoms with E-state index in [9.17, 15) is 20.1 Å². The second-order valence-electron chi connectivity index (χ2n) is 3.12. The summed E-state index contributed by atoms with van der Waals surface area (Å²) in [5, 5.41) is 30.4. The van der Waals surface area contributed by atoms with E-state index in [1.165, 1.54) is 30.3 Å². The van der Waals surface area contributed by atoms with Crippen molar-refractivity contribution in [2.45, 2.75) is 0 Å². The van der Waals surface area contributed by atoms with E-state index in [1.807, 2.05) is 0 Å². The Labute approximate surface area is 84.7 Å². The minimum Gasteiger partial charge on any atom is -0.504 e. The van der Waals surface area contributed by atoms with E-state index in [-0.39, 0.29) is 5.39 Å². The molecule has 0 aliphatic rings. The highest BCUT2D eigenvalue weighted by molar-refractivity contribution is 5.94. The van der Waals surface area contributed by atoms with Crippen molar-refractivity contribution >= 4 is 10.8 Å². The number of fused-ring (bicyclic) bond motifs is 1. The number of hydrogen-bond acceptors (Lipinski definition) is 3. The second kappa shape index (κ2) is 3.16. The van der Waals surface area contributed by atoms with Crippen molar-refractivity contribution in [1.29, 1.82) is 0 Å². The molecule has 4 nitrogen and oxygen atoms in total. The molecule has 4 heteroatoms. The van der Waals surface area contributed by atoms with Crippen LogP contribution in [0.25, 0.3) is 10.8 Å².